The number of hydrogen-bond acceptors (Lipinski definition) is 3. The largest absolute Gasteiger partial charge is 0.460 e. The summed E-state index contributed by atoms with van der Waals surface area (Å²) >= 11 is 0. The summed E-state index contributed by atoms with van der Waals surface area (Å²) in [6, 6.07) is 3.72. The Labute approximate surface area is 156 Å². The summed E-state index contributed by atoms with van der Waals surface area (Å²) < 4.78 is 167. The van der Waals surface area contributed by atoms with E-state index < -0.39 is 41.7 Å². The van der Waals surface area contributed by atoms with Gasteiger partial charge in [0.1, 0.15) is 0 Å². The third kappa shape index (κ3) is 3.88. The van der Waals surface area contributed by atoms with Gasteiger partial charge in [0, 0.05) is 6.20 Å². The van der Waals surface area contributed by atoms with E-state index in [1.165, 1.54) is 12.1 Å². The molecule has 0 saturated carbocycles. The maximum Gasteiger partial charge on any atom is 0.460 e. The predicted octanol–water partition coefficient (Wildman–Crippen LogP) is 4.27. The fraction of sp³-hybridized carbons (Fsp3) is 0.462. The third-order valence-electron chi connectivity index (χ3n) is 3.27. The third-order valence-corrected chi connectivity index (χ3v) is 3.27. The minimum Gasteiger partial charge on any atom is -0.266 e. The Morgan fingerprint density at radius 1 is 0.800 bits per heavy atom. The van der Waals surface area contributed by atoms with E-state index in [1.807, 2.05) is 0 Å². The molecule has 4 nitrogen and oxygen atoms in total. The Balaban J connectivity index is 3.24. The van der Waals surface area contributed by atoms with Gasteiger partial charge >= 0.3 is 41.7 Å². The first kappa shape index (κ1) is 25.4. The maximum absolute atomic E-state index is 13.4. The van der Waals surface area contributed by atoms with Crippen LogP contribution in [0.2, 0.25) is 0 Å². The van der Waals surface area contributed by atoms with Gasteiger partial charge < -0.3 is 0 Å². The number of halogens is 13. The van der Waals surface area contributed by atoms with Crippen molar-refractivity contribution in [1.29, 1.82) is 0 Å². The fourth-order valence-electron chi connectivity index (χ4n) is 1.59. The second-order valence-electron chi connectivity index (χ2n) is 5.32. The smallest absolute Gasteiger partial charge is 0.266 e. The van der Waals surface area contributed by atoms with Crippen molar-refractivity contribution in [1.82, 2.24) is 10.4 Å². The van der Waals surface area contributed by atoms with Crippen LogP contribution in [0.3, 0.4) is 0 Å². The first-order valence-electron chi connectivity index (χ1n) is 6.95. The quantitative estimate of drug-likeness (QED) is 0.370. The number of alkyl halides is 13. The number of nitrogens with one attached hydrogen (secondary N) is 1. The molecule has 0 aromatic carbocycles. The Morgan fingerprint density at radius 2 is 1.30 bits per heavy atom. The summed E-state index contributed by atoms with van der Waals surface area (Å²) in [6.07, 6.45) is -6.04. The Kier molecular flexibility index (Phi) is 6.41. The lowest BCUT2D eigenvalue weighted by molar-refractivity contribution is -0.436. The van der Waals surface area contributed by atoms with Crippen LogP contribution >= 0.6 is 0 Å². The zero-order valence-electron chi connectivity index (χ0n) is 13.6. The molecule has 1 aromatic rings. The Hall–Kier alpha value is -2.62. The molecular weight excluding hydrogens is 461 g/mol. The van der Waals surface area contributed by atoms with Crippen molar-refractivity contribution >= 4 is 12.1 Å². The molecule has 0 fully saturated rings. The van der Waals surface area contributed by atoms with E-state index in [4.69, 9.17) is 0 Å². The predicted molar refractivity (Wildman–Crippen MR) is 70.8 cm³/mol. The fourth-order valence-corrected chi connectivity index (χ4v) is 1.59. The van der Waals surface area contributed by atoms with Gasteiger partial charge in [-0.05, 0) is 12.1 Å². The average Bonchev–Trinajstić information content (AvgIpc) is 2.60. The van der Waals surface area contributed by atoms with Gasteiger partial charge in [-0.1, -0.05) is 6.07 Å². The Bertz CT molecular complexity index is 789. The van der Waals surface area contributed by atoms with Gasteiger partial charge in [0.25, 0.3) is 0 Å². The minimum atomic E-state index is -8.08. The lowest BCUT2D eigenvalue weighted by atomic mass is 9.93. The molecule has 1 heterocycles. The molecule has 17 heteroatoms. The first-order valence-corrected chi connectivity index (χ1v) is 6.95. The maximum atomic E-state index is 13.4. The number of hydrazone groups is 1. The Morgan fingerprint density at radius 3 is 1.73 bits per heavy atom. The van der Waals surface area contributed by atoms with Crippen LogP contribution in [0.4, 0.5) is 57.1 Å². The number of rotatable bonds is 7. The molecule has 170 valence electrons. The molecule has 0 spiro atoms. The van der Waals surface area contributed by atoms with Crippen molar-refractivity contribution in [3.8, 4) is 0 Å². The minimum absolute atomic E-state index is 0.213. The van der Waals surface area contributed by atoms with E-state index in [-0.39, 0.29) is 5.69 Å². The molecule has 0 atom stereocenters. The van der Waals surface area contributed by atoms with Gasteiger partial charge in [-0.3, -0.25) is 9.78 Å². The van der Waals surface area contributed by atoms with E-state index >= 15 is 0 Å². The number of hydrogen-bond donors (Lipinski definition) is 1. The second kappa shape index (κ2) is 7.57. The van der Waals surface area contributed by atoms with E-state index in [0.29, 0.717) is 11.6 Å². The van der Waals surface area contributed by atoms with Crippen LogP contribution in [0.1, 0.15) is 5.69 Å². The molecule has 0 unspecified atom stereocenters. The van der Waals surface area contributed by atoms with Crippen LogP contribution in [-0.4, -0.2) is 52.9 Å². The molecule has 0 aliphatic rings. The molecule has 0 aliphatic heterocycles. The van der Waals surface area contributed by atoms with E-state index in [2.05, 4.69) is 10.1 Å². The molecule has 0 bridgehead atoms. The standard InChI is InChI=1S/C13H6F13N3O/c14-8(15,7(30)29-28-5-6-3-1-2-4-27-6)9(16,17)10(18,19)11(20,21)12(22,23)13(24,25)26/h1-5H,(H,29,30)/b28-5+. The van der Waals surface area contributed by atoms with E-state index in [1.54, 1.807) is 0 Å². The summed E-state index contributed by atoms with van der Waals surface area (Å²) in [5.41, 5.74) is 0.329. The van der Waals surface area contributed by atoms with Gasteiger partial charge in [-0.15, -0.1) is 0 Å². The summed E-state index contributed by atoms with van der Waals surface area (Å²) in [4.78, 5) is 14.5. The summed E-state index contributed by atoms with van der Waals surface area (Å²) in [5.74, 6) is -42.1. The van der Waals surface area contributed by atoms with Crippen LogP contribution in [0.25, 0.3) is 0 Å². The molecule has 1 amide bonds. The molecule has 0 saturated heterocycles. The number of amides is 1. The lowest BCUT2D eigenvalue weighted by Gasteiger charge is -2.38. The summed E-state index contributed by atoms with van der Waals surface area (Å²) in [6.45, 7) is 0. The zero-order chi connectivity index (χ0) is 23.8. The SMILES string of the molecule is O=C(N/N=C/c1ccccn1)C(F)(F)C(F)(F)C(F)(F)C(F)(F)C(F)(F)C(F)(F)F. The normalized spacial score (nSPS) is 14.8. The van der Waals surface area contributed by atoms with Gasteiger partial charge in [-0.2, -0.15) is 62.2 Å². The average molecular weight is 467 g/mol. The molecule has 0 aliphatic carbocycles. The zero-order valence-corrected chi connectivity index (χ0v) is 13.6. The molecule has 1 N–H and O–H groups in total. The number of nitrogens with zero attached hydrogens (tertiary/aromatic N) is 2. The number of carbonyl (C=O) groups excluding carboxylic acids is 1. The monoisotopic (exact) mass is 467 g/mol. The van der Waals surface area contributed by atoms with Crippen LogP contribution in [0, 0.1) is 0 Å². The summed E-state index contributed by atoms with van der Waals surface area (Å²) in [7, 11) is 0. The van der Waals surface area contributed by atoms with Gasteiger partial charge in [0.15, 0.2) is 0 Å². The highest BCUT2D eigenvalue weighted by molar-refractivity contribution is 5.86. The van der Waals surface area contributed by atoms with E-state index in [9.17, 15) is 61.9 Å². The topological polar surface area (TPSA) is 54.4 Å². The molecule has 0 radical (unpaired) electrons. The highest BCUT2D eigenvalue weighted by Gasteiger charge is 2.91. The van der Waals surface area contributed by atoms with Gasteiger partial charge in [-0.25, -0.2) is 5.43 Å². The van der Waals surface area contributed by atoms with Crippen molar-refractivity contribution in [2.75, 3.05) is 0 Å². The summed E-state index contributed by atoms with van der Waals surface area (Å²) in [5, 5.41) is 2.59. The first-order chi connectivity index (χ1) is 13.2. The van der Waals surface area contributed by atoms with Crippen LogP contribution < -0.4 is 5.43 Å². The molecule has 1 rings (SSSR count). The number of aromatic nitrogens is 1. The van der Waals surface area contributed by atoms with Crippen molar-refractivity contribution in [2.45, 2.75) is 35.8 Å². The lowest BCUT2D eigenvalue weighted by Crippen LogP contribution is -2.71. The van der Waals surface area contributed by atoms with Crippen molar-refractivity contribution in [2.24, 2.45) is 5.10 Å². The van der Waals surface area contributed by atoms with Crippen LogP contribution in [0.15, 0.2) is 29.5 Å². The van der Waals surface area contributed by atoms with Gasteiger partial charge in [0.05, 0.1) is 11.9 Å². The highest BCUT2D eigenvalue weighted by Crippen LogP contribution is 2.60. The molecule has 1 aromatic heterocycles. The second-order valence-corrected chi connectivity index (χ2v) is 5.32. The number of pyridine rings is 1. The van der Waals surface area contributed by atoms with Crippen molar-refractivity contribution in [3.63, 3.8) is 0 Å². The molecular formula is C13H6F13N3O. The van der Waals surface area contributed by atoms with Crippen LogP contribution in [0.5, 0.6) is 0 Å². The van der Waals surface area contributed by atoms with Crippen molar-refractivity contribution in [3.05, 3.63) is 30.1 Å². The van der Waals surface area contributed by atoms with Gasteiger partial charge in [0.2, 0.25) is 0 Å². The number of carbonyl (C=O) groups is 1. The van der Waals surface area contributed by atoms with E-state index in [0.717, 1.165) is 12.3 Å². The highest BCUT2D eigenvalue weighted by atomic mass is 19.4. The molecule has 30 heavy (non-hydrogen) atoms. The van der Waals surface area contributed by atoms with Crippen LogP contribution in [-0.2, 0) is 4.79 Å². The van der Waals surface area contributed by atoms with Crippen molar-refractivity contribution < 1.29 is 61.9 Å².